The molecule has 0 radical (unpaired) electrons. The average Bonchev–Trinajstić information content (AvgIpc) is 3.09. The van der Waals surface area contributed by atoms with Crippen LogP contribution in [0.25, 0.3) is 5.65 Å². The highest BCUT2D eigenvalue weighted by molar-refractivity contribution is 6.00. The first kappa shape index (κ1) is 18.3. The highest BCUT2D eigenvalue weighted by Gasteiger charge is 2.24. The summed E-state index contributed by atoms with van der Waals surface area (Å²) in [5.41, 5.74) is 6.11. The first-order chi connectivity index (χ1) is 14.1. The summed E-state index contributed by atoms with van der Waals surface area (Å²) in [6, 6.07) is 12.0. The van der Waals surface area contributed by atoms with Gasteiger partial charge in [0, 0.05) is 30.8 Å². The van der Waals surface area contributed by atoms with Crippen LogP contribution < -0.4 is 5.56 Å². The topological polar surface area (TPSA) is 54.7 Å². The Morgan fingerprint density at radius 1 is 1.03 bits per heavy atom. The van der Waals surface area contributed by atoms with E-state index in [4.69, 9.17) is 0 Å². The van der Waals surface area contributed by atoms with Crippen LogP contribution in [0.15, 0.2) is 47.4 Å². The molecule has 2 aliphatic rings. The molecule has 0 atom stereocenters. The average molecular weight is 387 g/mol. The normalized spacial score (nSPS) is 17.8. The van der Waals surface area contributed by atoms with Crippen LogP contribution in [-0.2, 0) is 13.0 Å². The van der Waals surface area contributed by atoms with Crippen LogP contribution in [0.1, 0.15) is 57.9 Å². The number of ketones is 1. The molecular weight excluding hydrogens is 362 g/mol. The third kappa shape index (κ3) is 3.51. The number of piperidine rings is 1. The Hall–Kier alpha value is -2.79. The molecule has 0 amide bonds. The second kappa shape index (κ2) is 7.23. The standard InChI is InChI=1S/C24H25N3O2/c1-16-2-7-23-25-20(13-24(29)27(23)14-16)15-26-10-8-17(9-11-26)18-3-5-21-19(12-18)4-6-22(21)28/h2-3,5,7,12-14,17H,4,6,8-11,15H2,1H3. The predicted octanol–water partition coefficient (Wildman–Crippen LogP) is 3.51. The molecule has 0 unspecified atom stereocenters. The predicted molar refractivity (Wildman–Crippen MR) is 113 cm³/mol. The lowest BCUT2D eigenvalue weighted by molar-refractivity contribution is 0.0994. The number of pyridine rings is 1. The number of Topliss-reactive ketones (excluding diaryl/α,β-unsaturated/α-hetero) is 1. The first-order valence-electron chi connectivity index (χ1n) is 10.4. The highest BCUT2D eigenvalue weighted by Crippen LogP contribution is 2.32. The number of hydrogen-bond acceptors (Lipinski definition) is 4. The Balaban J connectivity index is 1.27. The molecule has 0 bridgehead atoms. The number of likely N-dealkylation sites (tertiary alicyclic amines) is 1. The van der Waals surface area contributed by atoms with Gasteiger partial charge in [0.15, 0.2) is 5.78 Å². The van der Waals surface area contributed by atoms with Crippen molar-refractivity contribution in [1.82, 2.24) is 14.3 Å². The number of carbonyl (C=O) groups is 1. The number of benzene rings is 1. The van der Waals surface area contributed by atoms with E-state index in [9.17, 15) is 9.59 Å². The van der Waals surface area contributed by atoms with E-state index in [1.54, 1.807) is 10.5 Å². The summed E-state index contributed by atoms with van der Waals surface area (Å²) in [5.74, 6) is 0.834. The van der Waals surface area contributed by atoms with Crippen molar-refractivity contribution in [2.75, 3.05) is 13.1 Å². The van der Waals surface area contributed by atoms with Gasteiger partial charge in [-0.15, -0.1) is 0 Å². The third-order valence-electron chi connectivity index (χ3n) is 6.36. The van der Waals surface area contributed by atoms with E-state index in [1.165, 1.54) is 11.1 Å². The van der Waals surface area contributed by atoms with Gasteiger partial charge in [-0.05, 0) is 68.0 Å². The zero-order chi connectivity index (χ0) is 20.0. The van der Waals surface area contributed by atoms with Gasteiger partial charge in [-0.25, -0.2) is 4.98 Å². The lowest BCUT2D eigenvalue weighted by atomic mass is 9.88. The SMILES string of the molecule is Cc1ccc2nc(CN3CCC(c4ccc5c(c4)CCC5=O)CC3)cc(=O)n2c1. The van der Waals surface area contributed by atoms with Crippen molar-refractivity contribution in [1.29, 1.82) is 0 Å². The van der Waals surface area contributed by atoms with Crippen LogP contribution in [0.5, 0.6) is 0 Å². The van der Waals surface area contributed by atoms with E-state index in [1.807, 2.05) is 31.3 Å². The maximum absolute atomic E-state index is 12.4. The van der Waals surface area contributed by atoms with Crippen molar-refractivity contribution in [2.24, 2.45) is 0 Å². The van der Waals surface area contributed by atoms with Gasteiger partial charge < -0.3 is 0 Å². The number of hydrogen-bond donors (Lipinski definition) is 0. The molecule has 5 nitrogen and oxygen atoms in total. The largest absolute Gasteiger partial charge is 0.297 e. The summed E-state index contributed by atoms with van der Waals surface area (Å²) in [4.78, 5) is 31.4. The minimum Gasteiger partial charge on any atom is -0.297 e. The molecule has 5 heteroatoms. The minimum atomic E-state index is -0.0173. The maximum Gasteiger partial charge on any atom is 0.258 e. The second-order valence-electron chi connectivity index (χ2n) is 8.41. The van der Waals surface area contributed by atoms with Crippen LogP contribution in [0.3, 0.4) is 0 Å². The van der Waals surface area contributed by atoms with Crippen molar-refractivity contribution in [3.05, 3.63) is 80.9 Å². The maximum atomic E-state index is 12.4. The number of aryl methyl sites for hydroxylation is 2. The summed E-state index contributed by atoms with van der Waals surface area (Å²) in [7, 11) is 0. The molecule has 148 valence electrons. The monoisotopic (exact) mass is 387 g/mol. The molecule has 0 saturated carbocycles. The molecule has 2 aromatic heterocycles. The molecule has 1 saturated heterocycles. The Bertz CT molecular complexity index is 1160. The Labute approximate surface area is 170 Å². The molecule has 0 spiro atoms. The summed E-state index contributed by atoms with van der Waals surface area (Å²) < 4.78 is 1.61. The van der Waals surface area contributed by atoms with Crippen LogP contribution in [0.4, 0.5) is 0 Å². The second-order valence-corrected chi connectivity index (χ2v) is 8.41. The van der Waals surface area contributed by atoms with Crippen molar-refractivity contribution < 1.29 is 4.79 Å². The zero-order valence-corrected chi connectivity index (χ0v) is 16.7. The Morgan fingerprint density at radius 2 is 1.86 bits per heavy atom. The number of nitrogens with zero attached hydrogens (tertiary/aromatic N) is 3. The third-order valence-corrected chi connectivity index (χ3v) is 6.36. The van der Waals surface area contributed by atoms with Crippen LogP contribution in [0.2, 0.25) is 0 Å². The summed E-state index contributed by atoms with van der Waals surface area (Å²) in [5, 5.41) is 0. The fourth-order valence-corrected chi connectivity index (χ4v) is 4.72. The molecule has 1 aliphatic heterocycles. The van der Waals surface area contributed by atoms with Crippen molar-refractivity contribution in [2.45, 2.75) is 45.1 Å². The Kier molecular flexibility index (Phi) is 4.55. The molecular formula is C24H25N3O2. The van der Waals surface area contributed by atoms with E-state index in [2.05, 4.69) is 22.0 Å². The first-order valence-corrected chi connectivity index (χ1v) is 10.4. The van der Waals surface area contributed by atoms with Crippen molar-refractivity contribution in [3.63, 3.8) is 0 Å². The molecule has 29 heavy (non-hydrogen) atoms. The van der Waals surface area contributed by atoms with Crippen LogP contribution in [0, 0.1) is 6.92 Å². The molecule has 3 aromatic rings. The van der Waals surface area contributed by atoms with E-state index < -0.39 is 0 Å². The van der Waals surface area contributed by atoms with Crippen LogP contribution >= 0.6 is 0 Å². The van der Waals surface area contributed by atoms with Gasteiger partial charge in [0.25, 0.3) is 5.56 Å². The summed E-state index contributed by atoms with van der Waals surface area (Å²) in [6.07, 6.45) is 5.58. The smallest absolute Gasteiger partial charge is 0.258 e. The number of rotatable bonds is 3. The van der Waals surface area contributed by atoms with E-state index >= 15 is 0 Å². The lowest BCUT2D eigenvalue weighted by Crippen LogP contribution is -2.33. The van der Waals surface area contributed by atoms with Gasteiger partial charge in [0.2, 0.25) is 0 Å². The molecule has 1 aromatic carbocycles. The summed E-state index contributed by atoms with van der Waals surface area (Å²) >= 11 is 0. The number of aromatic nitrogens is 2. The lowest BCUT2D eigenvalue weighted by Gasteiger charge is -2.32. The van der Waals surface area contributed by atoms with Gasteiger partial charge in [-0.3, -0.25) is 18.9 Å². The van der Waals surface area contributed by atoms with Gasteiger partial charge in [0.05, 0.1) is 5.69 Å². The minimum absolute atomic E-state index is 0.0173. The molecule has 3 heterocycles. The molecule has 1 aliphatic carbocycles. The van der Waals surface area contributed by atoms with E-state index in [0.29, 0.717) is 24.5 Å². The van der Waals surface area contributed by atoms with Crippen molar-refractivity contribution >= 4 is 11.4 Å². The quantitative estimate of drug-likeness (QED) is 0.690. The fraction of sp³-hybridized carbons (Fsp3) is 0.375. The number of carbonyl (C=O) groups excluding carboxylic acids is 1. The molecule has 1 fully saturated rings. The highest BCUT2D eigenvalue weighted by atomic mass is 16.1. The molecule has 0 N–H and O–H groups in total. The van der Waals surface area contributed by atoms with E-state index in [0.717, 1.165) is 49.2 Å². The fourth-order valence-electron chi connectivity index (χ4n) is 4.72. The van der Waals surface area contributed by atoms with E-state index in [-0.39, 0.29) is 11.3 Å². The number of fused-ring (bicyclic) bond motifs is 2. The van der Waals surface area contributed by atoms with Crippen molar-refractivity contribution in [3.8, 4) is 0 Å². The van der Waals surface area contributed by atoms with Gasteiger partial charge >= 0.3 is 0 Å². The van der Waals surface area contributed by atoms with Gasteiger partial charge in [-0.1, -0.05) is 24.3 Å². The van der Waals surface area contributed by atoms with Gasteiger partial charge in [-0.2, -0.15) is 0 Å². The van der Waals surface area contributed by atoms with Gasteiger partial charge in [0.1, 0.15) is 5.65 Å². The zero-order valence-electron chi connectivity index (χ0n) is 16.7. The summed E-state index contributed by atoms with van der Waals surface area (Å²) in [6.45, 7) is 4.68. The Morgan fingerprint density at radius 3 is 2.69 bits per heavy atom. The van der Waals surface area contributed by atoms with Crippen LogP contribution in [-0.4, -0.2) is 33.2 Å². The molecule has 5 rings (SSSR count).